The molecule has 4 fully saturated rings. The second-order valence-electron chi connectivity index (χ2n) is 7.34. The zero-order chi connectivity index (χ0) is 16.6. The lowest BCUT2D eigenvalue weighted by Gasteiger charge is -2.64. The maximum atomic E-state index is 14.4. The molecule has 3 atom stereocenters. The molecular weight excluding hydrogens is 314 g/mol. The molecule has 4 aliphatic rings. The Kier molecular flexibility index (Phi) is 3.13. The average Bonchev–Trinajstić information content (AvgIpc) is 2.34. The standard InChI is InChI=1S/C14H16F6O2/c15-9(14(18,19)20)13(16,17)12-4-7-1-8(5-12)3-11(2-7,6-12)10(21)22/h7-9H,1-6H2,(H,21,22)/p-1/t7-,8-,9+,11?,12?/m1/s1. The van der Waals surface area contributed by atoms with Crippen molar-refractivity contribution in [2.45, 2.75) is 56.8 Å². The summed E-state index contributed by atoms with van der Waals surface area (Å²) in [4.78, 5) is 11.4. The van der Waals surface area contributed by atoms with Crippen molar-refractivity contribution in [3.63, 3.8) is 0 Å². The van der Waals surface area contributed by atoms with E-state index in [2.05, 4.69) is 0 Å². The first-order valence-corrected chi connectivity index (χ1v) is 7.22. The molecule has 2 nitrogen and oxygen atoms in total. The van der Waals surface area contributed by atoms with E-state index in [9.17, 15) is 36.2 Å². The number of hydrogen-bond donors (Lipinski definition) is 0. The minimum Gasteiger partial charge on any atom is -0.550 e. The monoisotopic (exact) mass is 329 g/mol. The molecule has 8 heteroatoms. The highest BCUT2D eigenvalue weighted by atomic mass is 19.4. The third-order valence-electron chi connectivity index (χ3n) is 5.81. The minimum absolute atomic E-state index is 0.145. The topological polar surface area (TPSA) is 40.1 Å². The lowest BCUT2D eigenvalue weighted by Crippen LogP contribution is -2.65. The predicted octanol–water partition coefficient (Wildman–Crippen LogP) is 2.86. The van der Waals surface area contributed by atoms with Gasteiger partial charge in [0.25, 0.3) is 12.1 Å². The molecule has 4 saturated carbocycles. The van der Waals surface area contributed by atoms with E-state index in [4.69, 9.17) is 0 Å². The maximum absolute atomic E-state index is 14.4. The van der Waals surface area contributed by atoms with Gasteiger partial charge in [-0.15, -0.1) is 0 Å². The van der Waals surface area contributed by atoms with Crippen LogP contribution in [0.15, 0.2) is 0 Å². The van der Waals surface area contributed by atoms with Crippen LogP contribution in [0, 0.1) is 22.7 Å². The molecule has 4 rings (SSSR count). The number of rotatable bonds is 3. The van der Waals surface area contributed by atoms with Crippen molar-refractivity contribution >= 4 is 5.97 Å². The van der Waals surface area contributed by atoms with Crippen LogP contribution in [0.4, 0.5) is 26.3 Å². The lowest BCUT2D eigenvalue weighted by atomic mass is 9.42. The summed E-state index contributed by atoms with van der Waals surface area (Å²) in [6.45, 7) is 0. The van der Waals surface area contributed by atoms with E-state index >= 15 is 0 Å². The summed E-state index contributed by atoms with van der Waals surface area (Å²) < 4.78 is 79.7. The van der Waals surface area contributed by atoms with Gasteiger partial charge in [-0.3, -0.25) is 0 Å². The molecule has 0 heterocycles. The second-order valence-corrected chi connectivity index (χ2v) is 7.34. The summed E-state index contributed by atoms with van der Waals surface area (Å²) in [6, 6.07) is 0. The van der Waals surface area contributed by atoms with E-state index in [-0.39, 0.29) is 25.7 Å². The quantitative estimate of drug-likeness (QED) is 0.747. The van der Waals surface area contributed by atoms with Crippen molar-refractivity contribution in [1.82, 2.24) is 0 Å². The Labute approximate surface area is 122 Å². The first-order chi connectivity index (χ1) is 9.92. The number of hydrogen-bond acceptors (Lipinski definition) is 2. The average molecular weight is 329 g/mol. The van der Waals surface area contributed by atoms with Gasteiger partial charge in [-0.1, -0.05) is 0 Å². The van der Waals surface area contributed by atoms with Gasteiger partial charge >= 0.3 is 6.18 Å². The molecule has 22 heavy (non-hydrogen) atoms. The molecule has 0 N–H and O–H groups in total. The van der Waals surface area contributed by atoms with E-state index in [1.54, 1.807) is 0 Å². The first-order valence-electron chi connectivity index (χ1n) is 7.22. The van der Waals surface area contributed by atoms with Gasteiger partial charge in [-0.25, -0.2) is 13.2 Å². The van der Waals surface area contributed by atoms with Gasteiger partial charge in [0.2, 0.25) is 0 Å². The molecule has 0 aliphatic heterocycles. The molecule has 4 bridgehead atoms. The van der Waals surface area contributed by atoms with Gasteiger partial charge in [-0.05, 0) is 50.4 Å². The van der Waals surface area contributed by atoms with Gasteiger partial charge in [0.05, 0.1) is 0 Å². The Morgan fingerprint density at radius 1 is 1.05 bits per heavy atom. The number of carbonyl (C=O) groups is 1. The highest BCUT2D eigenvalue weighted by molar-refractivity contribution is 5.73. The zero-order valence-electron chi connectivity index (χ0n) is 11.6. The van der Waals surface area contributed by atoms with E-state index < -0.39 is 53.3 Å². The third kappa shape index (κ3) is 1.98. The van der Waals surface area contributed by atoms with E-state index in [1.807, 2.05) is 0 Å². The Morgan fingerprint density at radius 3 is 1.95 bits per heavy atom. The molecule has 0 unspecified atom stereocenters. The molecule has 126 valence electrons. The van der Waals surface area contributed by atoms with Crippen LogP contribution in [0.25, 0.3) is 0 Å². The van der Waals surface area contributed by atoms with E-state index in [0.29, 0.717) is 6.42 Å². The number of halogens is 6. The van der Waals surface area contributed by atoms with Gasteiger partial charge < -0.3 is 9.90 Å². The summed E-state index contributed by atoms with van der Waals surface area (Å²) in [5, 5.41) is 11.4. The molecule has 0 aromatic carbocycles. The molecular formula is C14H15F6O2-. The Hall–Kier alpha value is -0.950. The fraction of sp³-hybridized carbons (Fsp3) is 0.929. The second kappa shape index (κ2) is 4.32. The summed E-state index contributed by atoms with van der Waals surface area (Å²) in [5.41, 5.74) is -3.76. The number of carbonyl (C=O) groups excluding carboxylic acids is 1. The van der Waals surface area contributed by atoms with E-state index in [1.165, 1.54) is 0 Å². The largest absolute Gasteiger partial charge is 0.550 e. The van der Waals surface area contributed by atoms with Crippen LogP contribution in [0.3, 0.4) is 0 Å². The van der Waals surface area contributed by atoms with Crippen LogP contribution < -0.4 is 5.11 Å². The van der Waals surface area contributed by atoms with E-state index in [0.717, 1.165) is 0 Å². The number of aliphatic carboxylic acids is 1. The Morgan fingerprint density at radius 2 is 1.55 bits per heavy atom. The molecule has 0 spiro atoms. The summed E-state index contributed by atoms with van der Waals surface area (Å²) in [6.07, 6.45) is -10.2. The maximum Gasteiger partial charge on any atom is 0.425 e. The van der Waals surface area contributed by atoms with Crippen molar-refractivity contribution in [1.29, 1.82) is 0 Å². The summed E-state index contributed by atoms with van der Waals surface area (Å²) in [7, 11) is 0. The van der Waals surface area contributed by atoms with Gasteiger partial charge in [0, 0.05) is 16.8 Å². The lowest BCUT2D eigenvalue weighted by molar-refractivity contribution is -0.343. The van der Waals surface area contributed by atoms with Crippen molar-refractivity contribution in [3.05, 3.63) is 0 Å². The number of carboxylic acid groups (broad SMARTS) is 1. The fourth-order valence-corrected chi connectivity index (χ4v) is 5.37. The normalized spacial score (nSPS) is 42.5. The smallest absolute Gasteiger partial charge is 0.425 e. The predicted molar refractivity (Wildman–Crippen MR) is 60.5 cm³/mol. The molecule has 0 aromatic rings. The van der Waals surface area contributed by atoms with Crippen LogP contribution in [0.1, 0.15) is 38.5 Å². The van der Waals surface area contributed by atoms with Crippen LogP contribution in [0.5, 0.6) is 0 Å². The zero-order valence-corrected chi connectivity index (χ0v) is 11.6. The van der Waals surface area contributed by atoms with Gasteiger partial charge in [-0.2, -0.15) is 13.2 Å². The fourth-order valence-electron chi connectivity index (χ4n) is 5.37. The number of alkyl halides is 6. The summed E-state index contributed by atoms with van der Waals surface area (Å²) in [5.74, 6) is -6.91. The molecule has 0 aromatic heterocycles. The van der Waals surface area contributed by atoms with Crippen molar-refractivity contribution in [2.24, 2.45) is 22.7 Å². The highest BCUT2D eigenvalue weighted by Gasteiger charge is 2.72. The van der Waals surface area contributed by atoms with Crippen LogP contribution in [0.2, 0.25) is 0 Å². The SMILES string of the molecule is O=C([O-])C12C[C@H]3C[C@H](C1)CC(C(F)(F)[C@H](F)C(F)(F)F)(C3)C2. The molecule has 0 radical (unpaired) electrons. The highest BCUT2D eigenvalue weighted by Crippen LogP contribution is 2.70. The first kappa shape index (κ1) is 15.9. The van der Waals surface area contributed by atoms with Gasteiger partial charge in [0.1, 0.15) is 0 Å². The molecule has 0 amide bonds. The minimum atomic E-state index is -5.67. The third-order valence-corrected chi connectivity index (χ3v) is 5.81. The van der Waals surface area contributed by atoms with Crippen molar-refractivity contribution in [2.75, 3.05) is 0 Å². The van der Waals surface area contributed by atoms with Crippen LogP contribution >= 0.6 is 0 Å². The van der Waals surface area contributed by atoms with Crippen LogP contribution in [-0.4, -0.2) is 24.2 Å². The van der Waals surface area contributed by atoms with Crippen LogP contribution in [-0.2, 0) is 4.79 Å². The molecule has 0 saturated heterocycles. The van der Waals surface area contributed by atoms with Gasteiger partial charge in [0.15, 0.2) is 0 Å². The number of carboxylic acids is 1. The Balaban J connectivity index is 2.01. The van der Waals surface area contributed by atoms with Crippen molar-refractivity contribution in [3.8, 4) is 0 Å². The molecule has 4 aliphatic carbocycles. The Bertz CT molecular complexity index is 486. The van der Waals surface area contributed by atoms with Crippen molar-refractivity contribution < 1.29 is 36.2 Å². The summed E-state index contributed by atoms with van der Waals surface area (Å²) >= 11 is 0.